The molecule has 19 heteroatoms. The third-order valence-corrected chi connectivity index (χ3v) is 22.5. The fourth-order valence-electron chi connectivity index (χ4n) is 13.1. The molecule has 0 rings (SSSR count). The number of hydrogen-bond donors (Lipinski definition) is 3. The summed E-state index contributed by atoms with van der Waals surface area (Å²) in [6.07, 6.45) is 65.2. The number of aliphatic hydroxyl groups excluding tert-OH is 1. The predicted molar refractivity (Wildman–Crippen MR) is 428 cm³/mol. The van der Waals surface area contributed by atoms with Crippen molar-refractivity contribution in [3.05, 3.63) is 0 Å². The molecule has 0 spiro atoms. The summed E-state index contributed by atoms with van der Waals surface area (Å²) in [6, 6.07) is 0. The van der Waals surface area contributed by atoms with Crippen molar-refractivity contribution in [3.8, 4) is 0 Å². The van der Waals surface area contributed by atoms with Crippen LogP contribution in [0.25, 0.3) is 0 Å². The summed E-state index contributed by atoms with van der Waals surface area (Å²) in [7, 11) is -9.93. The minimum Gasteiger partial charge on any atom is -0.462 e. The molecule has 0 fully saturated rings. The van der Waals surface area contributed by atoms with Gasteiger partial charge >= 0.3 is 39.5 Å². The maximum atomic E-state index is 13.1. The largest absolute Gasteiger partial charge is 0.472 e. The number of carbonyl (C=O) groups is 4. The van der Waals surface area contributed by atoms with E-state index in [2.05, 4.69) is 48.5 Å². The van der Waals surface area contributed by atoms with E-state index in [9.17, 15) is 43.2 Å². The monoisotopic (exact) mass is 1520 g/mol. The number of ether oxygens (including phenoxy) is 4. The Labute approximate surface area is 638 Å². The Balaban J connectivity index is 5.24. The quantitative estimate of drug-likeness (QED) is 0.0222. The van der Waals surface area contributed by atoms with Gasteiger partial charge in [-0.3, -0.25) is 37.3 Å². The van der Waals surface area contributed by atoms with E-state index in [1.54, 1.807) is 0 Å². The van der Waals surface area contributed by atoms with Gasteiger partial charge in [0.2, 0.25) is 0 Å². The van der Waals surface area contributed by atoms with Crippen molar-refractivity contribution in [2.75, 3.05) is 39.6 Å². The van der Waals surface area contributed by atoms with E-state index in [4.69, 9.17) is 37.0 Å². The van der Waals surface area contributed by atoms with E-state index in [1.807, 2.05) is 0 Å². The number of esters is 4. The number of unbranched alkanes of at least 4 members (excludes halogenated alkanes) is 49. The van der Waals surface area contributed by atoms with Crippen LogP contribution in [0.2, 0.25) is 0 Å². The van der Waals surface area contributed by atoms with Crippen LogP contribution in [0.5, 0.6) is 0 Å². The van der Waals surface area contributed by atoms with Crippen LogP contribution in [-0.4, -0.2) is 96.7 Å². The van der Waals surface area contributed by atoms with Crippen LogP contribution in [0.1, 0.15) is 447 Å². The van der Waals surface area contributed by atoms with Gasteiger partial charge in [-0.2, -0.15) is 0 Å². The van der Waals surface area contributed by atoms with Gasteiger partial charge in [0, 0.05) is 25.7 Å². The first-order valence-electron chi connectivity index (χ1n) is 43.9. The van der Waals surface area contributed by atoms with E-state index < -0.39 is 97.5 Å². The molecule has 0 heterocycles. The Bertz CT molecular complexity index is 2010. The van der Waals surface area contributed by atoms with Crippen LogP contribution < -0.4 is 0 Å². The van der Waals surface area contributed by atoms with Crippen molar-refractivity contribution < 1.29 is 80.2 Å². The lowest BCUT2D eigenvalue weighted by atomic mass is 9.99. The SMILES string of the molecule is CCCCCCCCCCCCCCCCCCCCCC(=O)O[C@H](COC(=O)CCCCCCCCCCCCCCCCC(C)CC)COP(=O)(O)OC[C@@H](O)COP(=O)(O)OC[C@@H](COC(=O)CCCCCCCCC(C)CC)OC(=O)CCCCCCCCCCCCCCCCC(C)C. The highest BCUT2D eigenvalue weighted by molar-refractivity contribution is 7.47. The molecule has 618 valence electrons. The van der Waals surface area contributed by atoms with Gasteiger partial charge in [-0.1, -0.05) is 395 Å². The maximum absolute atomic E-state index is 13.1. The summed E-state index contributed by atoms with van der Waals surface area (Å²) in [5.41, 5.74) is 0. The van der Waals surface area contributed by atoms with Gasteiger partial charge in [0.1, 0.15) is 19.3 Å². The lowest BCUT2D eigenvalue weighted by Gasteiger charge is -2.21. The summed E-state index contributed by atoms with van der Waals surface area (Å²) in [6.45, 7) is 12.0. The van der Waals surface area contributed by atoms with Crippen LogP contribution in [0.15, 0.2) is 0 Å². The van der Waals surface area contributed by atoms with Crippen LogP contribution in [0.4, 0.5) is 0 Å². The highest BCUT2D eigenvalue weighted by Gasteiger charge is 2.30. The maximum Gasteiger partial charge on any atom is 0.472 e. The molecule has 0 bridgehead atoms. The number of phosphoric ester groups is 2. The van der Waals surface area contributed by atoms with Gasteiger partial charge in [0.15, 0.2) is 12.2 Å². The molecule has 0 aliphatic heterocycles. The van der Waals surface area contributed by atoms with Crippen molar-refractivity contribution in [3.63, 3.8) is 0 Å². The second-order valence-electron chi connectivity index (χ2n) is 31.5. The highest BCUT2D eigenvalue weighted by atomic mass is 31.2. The minimum absolute atomic E-state index is 0.107. The van der Waals surface area contributed by atoms with Crippen LogP contribution in [0, 0.1) is 17.8 Å². The van der Waals surface area contributed by atoms with Crippen LogP contribution in [-0.2, 0) is 65.4 Å². The van der Waals surface area contributed by atoms with E-state index in [0.29, 0.717) is 25.7 Å². The summed E-state index contributed by atoms with van der Waals surface area (Å²) < 4.78 is 68.9. The van der Waals surface area contributed by atoms with Crippen LogP contribution >= 0.6 is 15.6 Å². The van der Waals surface area contributed by atoms with Crippen molar-refractivity contribution in [1.82, 2.24) is 0 Å². The van der Waals surface area contributed by atoms with Crippen molar-refractivity contribution in [2.45, 2.75) is 465 Å². The van der Waals surface area contributed by atoms with E-state index in [1.165, 1.54) is 250 Å². The first kappa shape index (κ1) is 102. The number of aliphatic hydroxyl groups is 1. The van der Waals surface area contributed by atoms with Gasteiger partial charge in [-0.25, -0.2) is 9.13 Å². The first-order chi connectivity index (χ1) is 50.3. The fourth-order valence-corrected chi connectivity index (χ4v) is 14.7. The Kier molecular flexibility index (Phi) is 73.7. The molecular formula is C85H166O17P2. The highest BCUT2D eigenvalue weighted by Crippen LogP contribution is 2.45. The molecule has 104 heavy (non-hydrogen) atoms. The Morgan fingerprint density at radius 1 is 0.279 bits per heavy atom. The van der Waals surface area contributed by atoms with Gasteiger partial charge in [0.05, 0.1) is 26.4 Å². The Morgan fingerprint density at radius 3 is 0.731 bits per heavy atom. The average Bonchev–Trinajstić information content (AvgIpc) is 0.922. The summed E-state index contributed by atoms with van der Waals surface area (Å²) in [5.74, 6) is 0.269. The Morgan fingerprint density at radius 2 is 0.490 bits per heavy atom. The second kappa shape index (κ2) is 75.1. The molecule has 0 aromatic carbocycles. The van der Waals surface area contributed by atoms with E-state index >= 15 is 0 Å². The third kappa shape index (κ3) is 75.5. The van der Waals surface area contributed by atoms with Crippen molar-refractivity contribution in [1.29, 1.82) is 0 Å². The first-order valence-corrected chi connectivity index (χ1v) is 46.9. The lowest BCUT2D eigenvalue weighted by Crippen LogP contribution is -2.30. The van der Waals surface area contributed by atoms with Crippen molar-refractivity contribution >= 4 is 39.5 Å². The normalized spacial score (nSPS) is 14.4. The zero-order valence-electron chi connectivity index (χ0n) is 68.5. The van der Waals surface area contributed by atoms with E-state index in [0.717, 1.165) is 114 Å². The number of phosphoric acid groups is 2. The molecule has 0 radical (unpaired) electrons. The average molecular weight is 1520 g/mol. The van der Waals surface area contributed by atoms with Crippen LogP contribution in [0.3, 0.4) is 0 Å². The van der Waals surface area contributed by atoms with Crippen molar-refractivity contribution in [2.24, 2.45) is 17.8 Å². The molecule has 0 aliphatic carbocycles. The lowest BCUT2D eigenvalue weighted by molar-refractivity contribution is -0.161. The minimum atomic E-state index is -4.97. The molecule has 17 nitrogen and oxygen atoms in total. The van der Waals surface area contributed by atoms with Gasteiger partial charge in [-0.05, 0) is 43.4 Å². The molecule has 0 saturated heterocycles. The molecule has 0 amide bonds. The molecule has 4 unspecified atom stereocenters. The molecular weight excluding hydrogens is 1350 g/mol. The van der Waals surface area contributed by atoms with Gasteiger partial charge in [0.25, 0.3) is 0 Å². The number of rotatable bonds is 83. The molecule has 0 saturated carbocycles. The standard InChI is InChI=1S/C85H166O17P2/c1-8-11-12-13-14-15-16-17-18-19-20-21-22-30-35-40-45-54-61-68-84(89)101-80(72-95-82(87)66-59-52-44-39-34-29-26-24-28-33-38-43-50-57-64-77(6)9-2)74-99-103(91,92)97-70-79(86)71-98-104(93,94)100-75-81(73-96-83(88)67-60-53-48-47-51-58-65-78(7)10-3)102-85(90)69-62-55-46-41-36-31-25-23-27-32-37-42-49-56-63-76(4)5/h76-81,86H,8-75H2,1-7H3,(H,91,92)(H,93,94)/t77?,78?,79-,80-,81-/m1/s1. The smallest absolute Gasteiger partial charge is 0.462 e. The molecule has 7 atom stereocenters. The summed E-state index contributed by atoms with van der Waals surface area (Å²) >= 11 is 0. The molecule has 0 aromatic heterocycles. The second-order valence-corrected chi connectivity index (χ2v) is 34.4. The number of hydrogen-bond acceptors (Lipinski definition) is 15. The zero-order valence-corrected chi connectivity index (χ0v) is 70.3. The van der Waals surface area contributed by atoms with Gasteiger partial charge in [-0.15, -0.1) is 0 Å². The fraction of sp³-hybridized carbons (Fsp3) is 0.953. The topological polar surface area (TPSA) is 237 Å². The zero-order chi connectivity index (χ0) is 76.5. The summed E-state index contributed by atoms with van der Waals surface area (Å²) in [5, 5.41) is 10.7. The van der Waals surface area contributed by atoms with E-state index in [-0.39, 0.29) is 25.7 Å². The molecule has 0 aliphatic rings. The Hall–Kier alpha value is -1.94. The third-order valence-electron chi connectivity index (χ3n) is 20.6. The molecule has 0 aromatic rings. The molecule has 3 N–H and O–H groups in total. The number of carbonyl (C=O) groups excluding carboxylic acids is 4. The van der Waals surface area contributed by atoms with Gasteiger partial charge < -0.3 is 33.8 Å². The predicted octanol–water partition coefficient (Wildman–Crippen LogP) is 25.7. The summed E-state index contributed by atoms with van der Waals surface area (Å²) in [4.78, 5) is 73.2.